The summed E-state index contributed by atoms with van der Waals surface area (Å²) >= 11 is 0. The van der Waals surface area contributed by atoms with Crippen LogP contribution in [0.3, 0.4) is 0 Å². The Balaban J connectivity index is 2.81. The van der Waals surface area contributed by atoms with Gasteiger partial charge in [-0.15, -0.1) is 5.92 Å². The van der Waals surface area contributed by atoms with Gasteiger partial charge in [-0.3, -0.25) is 4.79 Å². The lowest BCUT2D eigenvalue weighted by Gasteiger charge is -2.04. The average molecular weight is 205 g/mol. The number of amides is 1. The lowest BCUT2D eigenvalue weighted by Crippen LogP contribution is -2.23. The van der Waals surface area contributed by atoms with E-state index in [4.69, 9.17) is 5.11 Å². The summed E-state index contributed by atoms with van der Waals surface area (Å²) < 4.78 is 0. The highest BCUT2D eigenvalue weighted by Crippen LogP contribution is 2.27. The van der Waals surface area contributed by atoms with Crippen LogP contribution in [0.15, 0.2) is 18.2 Å². The van der Waals surface area contributed by atoms with Crippen molar-refractivity contribution in [3.05, 3.63) is 23.8 Å². The lowest BCUT2D eigenvalue weighted by molar-refractivity contribution is 0.0955. The van der Waals surface area contributed by atoms with Crippen LogP contribution in [-0.2, 0) is 0 Å². The van der Waals surface area contributed by atoms with E-state index in [0.29, 0.717) is 0 Å². The second-order valence-corrected chi connectivity index (χ2v) is 2.78. The maximum Gasteiger partial charge on any atom is 0.255 e. The molecule has 0 aliphatic rings. The first-order valence-corrected chi connectivity index (χ1v) is 4.35. The second kappa shape index (κ2) is 4.91. The highest BCUT2D eigenvalue weighted by Gasteiger charge is 2.12. The number of benzene rings is 1. The molecular weight excluding hydrogens is 194 g/mol. The summed E-state index contributed by atoms with van der Waals surface area (Å²) in [6.07, 6.45) is 0. The second-order valence-electron chi connectivity index (χ2n) is 2.78. The number of carbonyl (C=O) groups excluding carboxylic acids is 1. The quantitative estimate of drug-likeness (QED) is 0.495. The van der Waals surface area contributed by atoms with E-state index >= 15 is 0 Å². The molecule has 78 valence electrons. The van der Waals surface area contributed by atoms with Gasteiger partial charge in [0.15, 0.2) is 11.5 Å². The van der Waals surface area contributed by atoms with Crippen molar-refractivity contribution >= 4 is 5.91 Å². The highest BCUT2D eigenvalue weighted by molar-refractivity contribution is 5.97. The zero-order valence-electron chi connectivity index (χ0n) is 8.24. The summed E-state index contributed by atoms with van der Waals surface area (Å²) in [5.74, 6) is 4.08. The number of hydrogen-bond acceptors (Lipinski definition) is 3. The molecule has 0 saturated carbocycles. The Morgan fingerprint density at radius 1 is 1.47 bits per heavy atom. The van der Waals surface area contributed by atoms with E-state index in [0.717, 1.165) is 0 Å². The average Bonchev–Trinajstić information content (AvgIpc) is 2.22. The van der Waals surface area contributed by atoms with Gasteiger partial charge in [-0.1, -0.05) is 12.0 Å². The Kier molecular flexibility index (Phi) is 3.58. The van der Waals surface area contributed by atoms with Gasteiger partial charge in [-0.25, -0.2) is 0 Å². The first kappa shape index (κ1) is 10.9. The molecule has 1 amide bonds. The van der Waals surface area contributed by atoms with Crippen LogP contribution in [0.4, 0.5) is 0 Å². The Morgan fingerprint density at radius 2 is 2.20 bits per heavy atom. The van der Waals surface area contributed by atoms with Crippen molar-refractivity contribution in [2.45, 2.75) is 6.92 Å². The fourth-order valence-electron chi connectivity index (χ4n) is 1.02. The van der Waals surface area contributed by atoms with E-state index in [1.807, 2.05) is 0 Å². The minimum absolute atomic E-state index is 0.0351. The van der Waals surface area contributed by atoms with Crippen LogP contribution in [0.1, 0.15) is 17.3 Å². The maximum atomic E-state index is 11.4. The number of rotatable bonds is 2. The fraction of sp³-hybridized carbons (Fsp3) is 0.182. The summed E-state index contributed by atoms with van der Waals surface area (Å²) in [4.78, 5) is 11.4. The minimum atomic E-state index is -0.467. The largest absolute Gasteiger partial charge is 0.504 e. The van der Waals surface area contributed by atoms with Gasteiger partial charge in [0.2, 0.25) is 0 Å². The van der Waals surface area contributed by atoms with E-state index in [2.05, 4.69) is 17.2 Å². The van der Waals surface area contributed by atoms with Gasteiger partial charge in [-0.2, -0.15) is 0 Å². The van der Waals surface area contributed by atoms with Crippen molar-refractivity contribution in [2.75, 3.05) is 6.54 Å². The summed E-state index contributed by atoms with van der Waals surface area (Å²) in [6, 6.07) is 4.21. The zero-order chi connectivity index (χ0) is 11.3. The van der Waals surface area contributed by atoms with Crippen LogP contribution >= 0.6 is 0 Å². The normalized spacial score (nSPS) is 8.87. The van der Waals surface area contributed by atoms with E-state index in [1.54, 1.807) is 6.92 Å². The zero-order valence-corrected chi connectivity index (χ0v) is 8.24. The number of nitrogens with one attached hydrogen (secondary N) is 1. The van der Waals surface area contributed by atoms with Crippen LogP contribution in [0.5, 0.6) is 11.5 Å². The van der Waals surface area contributed by atoms with Crippen LogP contribution < -0.4 is 5.32 Å². The predicted molar refractivity (Wildman–Crippen MR) is 55.6 cm³/mol. The van der Waals surface area contributed by atoms with E-state index in [1.165, 1.54) is 18.2 Å². The first-order valence-electron chi connectivity index (χ1n) is 4.35. The van der Waals surface area contributed by atoms with Crippen LogP contribution in [0.2, 0.25) is 0 Å². The van der Waals surface area contributed by atoms with E-state index in [9.17, 15) is 9.90 Å². The molecule has 0 radical (unpaired) electrons. The monoisotopic (exact) mass is 205 g/mol. The van der Waals surface area contributed by atoms with Crippen molar-refractivity contribution in [2.24, 2.45) is 0 Å². The minimum Gasteiger partial charge on any atom is -0.504 e. The van der Waals surface area contributed by atoms with Crippen molar-refractivity contribution in [1.82, 2.24) is 5.32 Å². The molecule has 0 spiro atoms. The molecule has 0 aliphatic carbocycles. The highest BCUT2D eigenvalue weighted by atomic mass is 16.3. The van der Waals surface area contributed by atoms with Gasteiger partial charge in [0.05, 0.1) is 12.1 Å². The SMILES string of the molecule is CC#CCNC(=O)c1cccc(O)c1O. The van der Waals surface area contributed by atoms with Gasteiger partial charge in [-0.05, 0) is 19.1 Å². The Bertz CT molecular complexity index is 429. The standard InChI is InChI=1S/C11H11NO3/c1-2-3-7-12-11(15)8-5-4-6-9(13)10(8)14/h4-6,13-14H,7H2,1H3,(H,12,15). The van der Waals surface area contributed by atoms with Gasteiger partial charge < -0.3 is 15.5 Å². The number of carbonyl (C=O) groups is 1. The molecule has 3 N–H and O–H groups in total. The van der Waals surface area contributed by atoms with Crippen LogP contribution in [0.25, 0.3) is 0 Å². The smallest absolute Gasteiger partial charge is 0.255 e. The lowest BCUT2D eigenvalue weighted by atomic mass is 10.1. The summed E-state index contributed by atoms with van der Waals surface area (Å²) in [7, 11) is 0. The molecule has 1 rings (SSSR count). The number of para-hydroxylation sites is 1. The molecule has 0 unspecified atom stereocenters. The maximum absolute atomic E-state index is 11.4. The molecule has 1 aromatic rings. The van der Waals surface area contributed by atoms with Gasteiger partial charge in [0, 0.05) is 0 Å². The van der Waals surface area contributed by atoms with Crippen LogP contribution in [-0.4, -0.2) is 22.7 Å². The van der Waals surface area contributed by atoms with Crippen molar-refractivity contribution in [3.63, 3.8) is 0 Å². The van der Waals surface area contributed by atoms with Crippen molar-refractivity contribution in [3.8, 4) is 23.3 Å². The number of aromatic hydroxyl groups is 2. The third kappa shape index (κ3) is 2.64. The van der Waals surface area contributed by atoms with Gasteiger partial charge in [0.1, 0.15) is 0 Å². The molecule has 0 heterocycles. The third-order valence-electron chi connectivity index (χ3n) is 1.77. The molecule has 0 aliphatic heterocycles. The molecule has 0 aromatic heterocycles. The fourth-order valence-corrected chi connectivity index (χ4v) is 1.02. The van der Waals surface area contributed by atoms with E-state index < -0.39 is 11.7 Å². The number of phenolic OH excluding ortho intramolecular Hbond substituents is 2. The van der Waals surface area contributed by atoms with Crippen LogP contribution in [0, 0.1) is 11.8 Å². The topological polar surface area (TPSA) is 69.6 Å². The molecule has 15 heavy (non-hydrogen) atoms. The molecule has 0 atom stereocenters. The first-order chi connectivity index (χ1) is 7.16. The van der Waals surface area contributed by atoms with Crippen molar-refractivity contribution in [1.29, 1.82) is 0 Å². The third-order valence-corrected chi connectivity index (χ3v) is 1.77. The van der Waals surface area contributed by atoms with E-state index in [-0.39, 0.29) is 17.9 Å². The molecule has 0 bridgehead atoms. The molecule has 4 heteroatoms. The predicted octanol–water partition coefficient (Wildman–Crippen LogP) is 0.851. The molecule has 4 nitrogen and oxygen atoms in total. The Labute approximate surface area is 87.6 Å². The Hall–Kier alpha value is -2.15. The Morgan fingerprint density at radius 3 is 2.87 bits per heavy atom. The number of hydrogen-bond donors (Lipinski definition) is 3. The molecule has 1 aromatic carbocycles. The van der Waals surface area contributed by atoms with Gasteiger partial charge in [0.25, 0.3) is 5.91 Å². The summed E-state index contributed by atoms with van der Waals surface area (Å²) in [6.45, 7) is 1.88. The molecule has 0 saturated heterocycles. The molecular formula is C11H11NO3. The summed E-state index contributed by atoms with van der Waals surface area (Å²) in [5, 5.41) is 21.0. The summed E-state index contributed by atoms with van der Waals surface area (Å²) in [5.41, 5.74) is 0.0351. The van der Waals surface area contributed by atoms with Gasteiger partial charge >= 0.3 is 0 Å². The number of phenols is 2. The molecule has 0 fully saturated rings. The van der Waals surface area contributed by atoms with Crippen molar-refractivity contribution < 1.29 is 15.0 Å².